The highest BCUT2D eigenvalue weighted by molar-refractivity contribution is 5.84. The Morgan fingerprint density at radius 1 is 0.873 bits per heavy atom. The van der Waals surface area contributed by atoms with E-state index in [0.29, 0.717) is 23.3 Å². The van der Waals surface area contributed by atoms with Crippen LogP contribution < -0.4 is 10.6 Å². The molecule has 9 nitrogen and oxygen atoms in total. The molecule has 4 aromatic rings. The van der Waals surface area contributed by atoms with Gasteiger partial charge in [0.25, 0.3) is 0 Å². The van der Waals surface area contributed by atoms with Crippen molar-refractivity contribution in [2.24, 2.45) is 10.8 Å². The Bertz CT molecular complexity index is 1920. The molecule has 3 aliphatic rings. The van der Waals surface area contributed by atoms with Crippen LogP contribution in [0.15, 0.2) is 103 Å². The van der Waals surface area contributed by atoms with Gasteiger partial charge in [0.05, 0.1) is 25.9 Å². The molecule has 3 fully saturated rings. The summed E-state index contributed by atoms with van der Waals surface area (Å²) in [6.07, 6.45) is 4.12. The highest BCUT2D eigenvalue weighted by Crippen LogP contribution is 2.53. The van der Waals surface area contributed by atoms with E-state index in [9.17, 15) is 14.7 Å². The first-order chi connectivity index (χ1) is 26.5. The number of esters is 1. The third-order valence-electron chi connectivity index (χ3n) is 11.6. The highest BCUT2D eigenvalue weighted by atomic mass is 16.7. The Balaban J connectivity index is 1.04. The molecule has 0 aromatic heterocycles. The zero-order chi connectivity index (χ0) is 38.6. The first-order valence-corrected chi connectivity index (χ1v) is 19.6. The van der Waals surface area contributed by atoms with Gasteiger partial charge in [-0.15, -0.1) is 0 Å². The molecule has 2 bridgehead atoms. The minimum absolute atomic E-state index is 0.00331. The molecule has 2 heterocycles. The number of rotatable bonds is 12. The highest BCUT2D eigenvalue weighted by Gasteiger charge is 2.50. The van der Waals surface area contributed by atoms with Gasteiger partial charge < -0.3 is 30.0 Å². The van der Waals surface area contributed by atoms with Gasteiger partial charge in [-0.3, -0.25) is 4.90 Å². The molecular formula is C46H55N3O6. The predicted octanol–water partition coefficient (Wildman–Crippen LogP) is 7.88. The number of carbonyl (C=O) groups is 2. The molecule has 0 radical (unpaired) electrons. The van der Waals surface area contributed by atoms with Gasteiger partial charge in [-0.05, 0) is 63.5 Å². The maximum absolute atomic E-state index is 13.0. The van der Waals surface area contributed by atoms with Crippen molar-refractivity contribution in [2.75, 3.05) is 20.2 Å². The van der Waals surface area contributed by atoms with Crippen molar-refractivity contribution >= 4 is 12.0 Å². The van der Waals surface area contributed by atoms with Crippen LogP contribution in [0.3, 0.4) is 0 Å². The minimum Gasteiger partial charge on any atom is -0.467 e. The summed E-state index contributed by atoms with van der Waals surface area (Å²) >= 11 is 0. The lowest BCUT2D eigenvalue weighted by atomic mass is 9.65. The number of amides is 2. The second-order valence-corrected chi connectivity index (χ2v) is 16.9. The van der Waals surface area contributed by atoms with Crippen molar-refractivity contribution in [1.82, 2.24) is 15.5 Å². The summed E-state index contributed by atoms with van der Waals surface area (Å²) in [6, 6.07) is 33.2. The van der Waals surface area contributed by atoms with E-state index < -0.39 is 24.3 Å². The number of nitrogens with one attached hydrogen (secondary N) is 2. The van der Waals surface area contributed by atoms with Crippen LogP contribution in [-0.2, 0) is 38.6 Å². The van der Waals surface area contributed by atoms with Gasteiger partial charge in [-0.25, -0.2) is 9.59 Å². The van der Waals surface area contributed by atoms with E-state index in [1.807, 2.05) is 66.7 Å². The molecule has 3 N–H and O–H groups in total. The van der Waals surface area contributed by atoms with Crippen molar-refractivity contribution < 1.29 is 28.9 Å². The van der Waals surface area contributed by atoms with E-state index in [-0.39, 0.29) is 25.4 Å². The predicted molar refractivity (Wildman–Crippen MR) is 213 cm³/mol. The Labute approximate surface area is 325 Å². The average molecular weight is 746 g/mol. The minimum atomic E-state index is -0.816. The molecule has 2 aliphatic heterocycles. The number of carbonyl (C=O) groups excluding carboxylic acids is 2. The van der Waals surface area contributed by atoms with Gasteiger partial charge in [0.2, 0.25) is 0 Å². The summed E-state index contributed by atoms with van der Waals surface area (Å²) in [5.74, 6) is -0.500. The lowest BCUT2D eigenvalue weighted by Crippen LogP contribution is -2.47. The number of nitrogens with zero attached hydrogens (tertiary/aromatic N) is 1. The van der Waals surface area contributed by atoms with E-state index in [1.165, 1.54) is 26.4 Å². The topological polar surface area (TPSA) is 109 Å². The molecule has 290 valence electrons. The second kappa shape index (κ2) is 16.7. The molecule has 55 heavy (non-hydrogen) atoms. The van der Waals surface area contributed by atoms with Crippen LogP contribution >= 0.6 is 0 Å². The number of aliphatic hydroxyl groups is 1. The number of hydrogen-bond donors (Lipinski definition) is 3. The fraction of sp³-hybridized carbons (Fsp3) is 0.435. The summed E-state index contributed by atoms with van der Waals surface area (Å²) in [4.78, 5) is 28.2. The molecular weight excluding hydrogens is 691 g/mol. The van der Waals surface area contributed by atoms with Gasteiger partial charge in [-0.2, -0.15) is 0 Å². The average Bonchev–Trinajstić information content (AvgIpc) is 3.43. The first-order valence-electron chi connectivity index (χ1n) is 19.6. The van der Waals surface area contributed by atoms with Crippen molar-refractivity contribution in [3.8, 4) is 11.1 Å². The fourth-order valence-corrected chi connectivity index (χ4v) is 9.43. The monoisotopic (exact) mass is 745 g/mol. The Morgan fingerprint density at radius 2 is 1.58 bits per heavy atom. The lowest BCUT2D eigenvalue weighted by molar-refractivity contribution is -0.253. The Morgan fingerprint density at radius 3 is 2.31 bits per heavy atom. The Hall–Kier alpha value is -4.54. The number of aliphatic hydroxyl groups excluding tert-OH is 1. The molecule has 2 saturated heterocycles. The smallest absolute Gasteiger partial charge is 0.328 e. The molecule has 1 saturated carbocycles. The zero-order valence-electron chi connectivity index (χ0n) is 32.5. The Kier molecular flexibility index (Phi) is 11.7. The van der Waals surface area contributed by atoms with E-state index in [0.717, 1.165) is 58.5 Å². The summed E-state index contributed by atoms with van der Waals surface area (Å²) < 4.78 is 18.5. The third-order valence-corrected chi connectivity index (χ3v) is 11.6. The summed E-state index contributed by atoms with van der Waals surface area (Å²) in [7, 11) is 1.32. The maximum atomic E-state index is 13.0. The third kappa shape index (κ3) is 9.47. The van der Waals surface area contributed by atoms with Crippen molar-refractivity contribution in [3.05, 3.63) is 131 Å². The van der Waals surface area contributed by atoms with E-state index in [1.54, 1.807) is 0 Å². The van der Waals surface area contributed by atoms with Crippen LogP contribution in [0.1, 0.15) is 86.7 Å². The molecule has 0 spiro atoms. The largest absolute Gasteiger partial charge is 0.467 e. The number of likely N-dealkylation sites (tertiary alicyclic amines) is 1. The normalized spacial score (nSPS) is 25.2. The van der Waals surface area contributed by atoms with E-state index >= 15 is 0 Å². The molecule has 6 unspecified atom stereocenters. The fourth-order valence-electron chi connectivity index (χ4n) is 9.43. The van der Waals surface area contributed by atoms with E-state index in [2.05, 4.69) is 72.7 Å². The lowest BCUT2D eigenvalue weighted by Gasteiger charge is -2.41. The van der Waals surface area contributed by atoms with Gasteiger partial charge >= 0.3 is 12.0 Å². The van der Waals surface area contributed by atoms with Gasteiger partial charge in [-0.1, -0.05) is 124 Å². The maximum Gasteiger partial charge on any atom is 0.328 e. The first kappa shape index (κ1) is 38.7. The van der Waals surface area contributed by atoms with Gasteiger partial charge in [0.1, 0.15) is 6.04 Å². The number of fused-ring (bicyclic) bond motifs is 2. The standard InChI is InChI=1S/C46H55N3O6/c1-45(2)24-37-25-46(3,29-45)30-49(37)27-38-23-41(34-16-14-32(28-50)15-17-34)55-43(54-38)35-20-18-33(19-21-35)39-13-9-8-12-36(39)26-47-44(52)48-40(42(51)53-4)22-31-10-6-5-7-11-31/h5-21,37-38,40-41,43,50H,22-30H2,1-4H3,(H2,47,48,52). The summed E-state index contributed by atoms with van der Waals surface area (Å²) in [5, 5.41) is 15.4. The van der Waals surface area contributed by atoms with Crippen LogP contribution in [-0.4, -0.2) is 60.4 Å². The molecule has 1 aliphatic carbocycles. The van der Waals surface area contributed by atoms with Crippen molar-refractivity contribution in [3.63, 3.8) is 0 Å². The van der Waals surface area contributed by atoms with Crippen LogP contribution in [0.25, 0.3) is 11.1 Å². The van der Waals surface area contributed by atoms with Crippen LogP contribution in [0.2, 0.25) is 0 Å². The quantitative estimate of drug-likeness (QED) is 0.127. The number of hydrogen-bond acceptors (Lipinski definition) is 7. The number of benzene rings is 4. The molecule has 6 atom stereocenters. The van der Waals surface area contributed by atoms with Crippen LogP contribution in [0, 0.1) is 10.8 Å². The van der Waals surface area contributed by atoms with Crippen LogP contribution in [0.5, 0.6) is 0 Å². The zero-order valence-corrected chi connectivity index (χ0v) is 32.5. The van der Waals surface area contributed by atoms with Crippen LogP contribution in [0.4, 0.5) is 4.79 Å². The summed E-state index contributed by atoms with van der Waals surface area (Å²) in [5.41, 5.74) is 7.45. The molecule has 4 aromatic carbocycles. The molecule has 2 amide bonds. The van der Waals surface area contributed by atoms with E-state index in [4.69, 9.17) is 14.2 Å². The van der Waals surface area contributed by atoms with Crippen molar-refractivity contribution in [2.45, 2.75) is 96.6 Å². The molecule has 9 heteroatoms. The van der Waals surface area contributed by atoms with Gasteiger partial charge in [0.15, 0.2) is 6.29 Å². The number of urea groups is 1. The van der Waals surface area contributed by atoms with Gasteiger partial charge in [0, 0.05) is 44.1 Å². The second-order valence-electron chi connectivity index (χ2n) is 16.9. The summed E-state index contributed by atoms with van der Waals surface area (Å²) in [6.45, 7) is 9.54. The number of methoxy groups -OCH3 is 1. The number of ether oxygens (including phenoxy) is 3. The van der Waals surface area contributed by atoms with Crippen molar-refractivity contribution in [1.29, 1.82) is 0 Å². The SMILES string of the molecule is COC(=O)C(Cc1ccccc1)NC(=O)NCc1ccccc1-c1ccc(C2OC(CN3CC4(C)CC3CC(C)(C)C4)CC(c3ccc(CO)cc3)O2)cc1. The molecule has 7 rings (SSSR count).